The van der Waals surface area contributed by atoms with E-state index in [2.05, 4.69) is 12.5 Å². The first-order chi connectivity index (χ1) is 10.7. The Labute approximate surface area is 142 Å². The molecule has 0 unspecified atom stereocenters. The Morgan fingerprint density at radius 3 is 1.42 bits per heavy atom. The van der Waals surface area contributed by atoms with Crippen LogP contribution in [0.1, 0.15) is 19.8 Å². The van der Waals surface area contributed by atoms with Gasteiger partial charge in [0.15, 0.2) is 21.7 Å². The third-order valence-electron chi connectivity index (χ3n) is 2.15. The van der Waals surface area contributed by atoms with Crippen LogP contribution in [-0.4, -0.2) is 69.9 Å². The maximum Gasteiger partial charge on any atom is 0.293 e. The Morgan fingerprint density at radius 2 is 1.04 bits per heavy atom. The van der Waals surface area contributed by atoms with Gasteiger partial charge in [-0.25, -0.2) is 8.42 Å². The van der Waals surface area contributed by atoms with Gasteiger partial charge in [-0.1, -0.05) is 0 Å². The van der Waals surface area contributed by atoms with Gasteiger partial charge in [-0.15, -0.1) is 0 Å². The molecule has 0 amide bonds. The van der Waals surface area contributed by atoms with E-state index in [9.17, 15) is 33.7 Å². The molecule has 0 radical (unpaired) electrons. The number of hydrogen-bond donors (Lipinski definition) is 0. The molecule has 0 aliphatic rings. The topological polar surface area (TPSA) is 164 Å². The SMILES string of the molecule is CCOS(=O)(=O)COS(=O)(=O)CCCCS(=O)(=O)OCS(C)(=O)=O. The zero-order chi connectivity index (χ0) is 19.1. The molecule has 0 atom stereocenters. The van der Waals surface area contributed by atoms with Crippen LogP contribution in [0.3, 0.4) is 0 Å². The molecular formula is C9H20O11S4. The van der Waals surface area contributed by atoms with Crippen molar-refractivity contribution in [1.29, 1.82) is 0 Å². The summed E-state index contributed by atoms with van der Waals surface area (Å²) < 4.78 is 102. The summed E-state index contributed by atoms with van der Waals surface area (Å²) >= 11 is 0. The minimum absolute atomic E-state index is 0.146. The van der Waals surface area contributed by atoms with Crippen LogP contribution in [0.5, 0.6) is 0 Å². The smallest absolute Gasteiger partial charge is 0.269 e. The summed E-state index contributed by atoms with van der Waals surface area (Å²) in [4.78, 5) is 0. The highest BCUT2D eigenvalue weighted by atomic mass is 32.2. The van der Waals surface area contributed by atoms with E-state index in [1.54, 1.807) is 0 Å². The molecule has 0 bridgehead atoms. The molecule has 0 fully saturated rings. The zero-order valence-corrected chi connectivity index (χ0v) is 16.3. The summed E-state index contributed by atoms with van der Waals surface area (Å²) in [7, 11) is -16.0. The fraction of sp³-hybridized carbons (Fsp3) is 1.00. The van der Waals surface area contributed by atoms with Crippen molar-refractivity contribution in [1.82, 2.24) is 0 Å². The monoisotopic (exact) mass is 432 g/mol. The molecule has 0 aromatic rings. The molecule has 0 heterocycles. The minimum Gasteiger partial charge on any atom is -0.269 e. The molecule has 11 nitrogen and oxygen atoms in total. The van der Waals surface area contributed by atoms with Gasteiger partial charge in [-0.3, -0.25) is 12.5 Å². The van der Waals surface area contributed by atoms with E-state index in [-0.39, 0.29) is 19.4 Å². The van der Waals surface area contributed by atoms with Crippen LogP contribution < -0.4 is 0 Å². The predicted molar refractivity (Wildman–Crippen MR) is 84.1 cm³/mol. The number of sulfone groups is 1. The van der Waals surface area contributed by atoms with Crippen LogP contribution in [0.4, 0.5) is 0 Å². The van der Waals surface area contributed by atoms with Gasteiger partial charge in [0.25, 0.3) is 30.4 Å². The van der Waals surface area contributed by atoms with Crippen molar-refractivity contribution in [3.8, 4) is 0 Å². The van der Waals surface area contributed by atoms with Crippen molar-refractivity contribution in [3.63, 3.8) is 0 Å². The van der Waals surface area contributed by atoms with Gasteiger partial charge in [0.2, 0.25) is 0 Å². The molecule has 24 heavy (non-hydrogen) atoms. The van der Waals surface area contributed by atoms with E-state index in [0.29, 0.717) is 0 Å². The van der Waals surface area contributed by atoms with Crippen LogP contribution in [-0.2, 0) is 52.7 Å². The Morgan fingerprint density at radius 1 is 0.625 bits per heavy atom. The highest BCUT2D eigenvalue weighted by Gasteiger charge is 2.19. The minimum atomic E-state index is -4.18. The highest BCUT2D eigenvalue weighted by molar-refractivity contribution is 7.92. The quantitative estimate of drug-likeness (QED) is 0.253. The first-order valence-corrected chi connectivity index (χ1v) is 13.3. The maximum absolute atomic E-state index is 11.5. The van der Waals surface area contributed by atoms with E-state index in [0.717, 1.165) is 6.26 Å². The van der Waals surface area contributed by atoms with Gasteiger partial charge < -0.3 is 0 Å². The Hall–Kier alpha value is -0.320. The Kier molecular flexibility index (Phi) is 9.27. The first-order valence-electron chi connectivity index (χ1n) is 6.47. The van der Waals surface area contributed by atoms with Gasteiger partial charge in [0, 0.05) is 6.26 Å². The van der Waals surface area contributed by atoms with Crippen molar-refractivity contribution in [2.45, 2.75) is 19.8 Å². The van der Waals surface area contributed by atoms with Crippen molar-refractivity contribution in [3.05, 3.63) is 0 Å². The Bertz CT molecular complexity index is 790. The zero-order valence-electron chi connectivity index (χ0n) is 13.1. The molecule has 0 aliphatic carbocycles. The van der Waals surface area contributed by atoms with E-state index in [4.69, 9.17) is 0 Å². The summed E-state index contributed by atoms with van der Waals surface area (Å²) in [5.74, 6) is -3.36. The van der Waals surface area contributed by atoms with Crippen LogP contribution >= 0.6 is 0 Å². The molecule has 0 aliphatic heterocycles. The highest BCUT2D eigenvalue weighted by Crippen LogP contribution is 2.06. The third-order valence-corrected chi connectivity index (χ3v) is 6.53. The second kappa shape index (κ2) is 9.40. The van der Waals surface area contributed by atoms with Crippen LogP contribution in [0.15, 0.2) is 0 Å². The molecular weight excluding hydrogens is 412 g/mol. The van der Waals surface area contributed by atoms with Crippen LogP contribution in [0.25, 0.3) is 0 Å². The first kappa shape index (κ1) is 23.7. The lowest BCUT2D eigenvalue weighted by Crippen LogP contribution is -2.20. The molecule has 0 saturated carbocycles. The van der Waals surface area contributed by atoms with E-state index >= 15 is 0 Å². The summed E-state index contributed by atoms with van der Waals surface area (Å²) in [6.07, 6.45) is 0.494. The Balaban J connectivity index is 4.26. The predicted octanol–water partition coefficient (Wildman–Crippen LogP) is -1.21. The van der Waals surface area contributed by atoms with E-state index in [1.165, 1.54) is 6.92 Å². The van der Waals surface area contributed by atoms with Gasteiger partial charge in [-0.2, -0.15) is 25.3 Å². The summed E-state index contributed by atoms with van der Waals surface area (Å²) in [6, 6.07) is 0. The lowest BCUT2D eigenvalue weighted by Gasteiger charge is -2.07. The van der Waals surface area contributed by atoms with Gasteiger partial charge in [0.05, 0.1) is 18.1 Å². The maximum atomic E-state index is 11.5. The third kappa shape index (κ3) is 13.0. The fourth-order valence-electron chi connectivity index (χ4n) is 1.18. The van der Waals surface area contributed by atoms with E-state index < -0.39 is 63.6 Å². The lowest BCUT2D eigenvalue weighted by molar-refractivity contribution is 0.299. The van der Waals surface area contributed by atoms with Crippen LogP contribution in [0.2, 0.25) is 0 Å². The van der Waals surface area contributed by atoms with Crippen molar-refractivity contribution >= 4 is 40.2 Å². The molecule has 146 valence electrons. The second-order valence-corrected chi connectivity index (χ2v) is 11.8. The lowest BCUT2D eigenvalue weighted by atomic mass is 10.4. The average molecular weight is 433 g/mol. The molecule has 0 aromatic carbocycles. The standard InChI is InChI=1S/C9H20O11S4/c1-3-18-24(16,17)9-20-23(14,15)7-5-4-6-22(12,13)19-8-21(2,10)11/h3-9H2,1-2H3. The number of rotatable bonds is 13. The average Bonchev–Trinajstić information content (AvgIpc) is 2.39. The number of unbranched alkanes of at least 4 members (excludes halogenated alkanes) is 1. The molecule has 0 rings (SSSR count). The number of hydrogen-bond acceptors (Lipinski definition) is 11. The normalized spacial score (nSPS) is 13.9. The van der Waals surface area contributed by atoms with Gasteiger partial charge in [0.1, 0.15) is 0 Å². The van der Waals surface area contributed by atoms with Gasteiger partial charge in [-0.05, 0) is 19.8 Å². The second-order valence-electron chi connectivity index (χ2n) is 4.59. The fourth-order valence-corrected chi connectivity index (χ4v) is 5.30. The van der Waals surface area contributed by atoms with E-state index in [1.807, 2.05) is 0 Å². The molecule has 0 spiro atoms. The summed E-state index contributed by atoms with van der Waals surface area (Å²) in [6.45, 7) is 1.23. The summed E-state index contributed by atoms with van der Waals surface area (Å²) in [5.41, 5.74) is 0. The van der Waals surface area contributed by atoms with Crippen molar-refractivity contribution < 1.29 is 46.2 Å². The van der Waals surface area contributed by atoms with Crippen LogP contribution in [0, 0.1) is 0 Å². The molecule has 0 aromatic heterocycles. The summed E-state index contributed by atoms with van der Waals surface area (Å²) in [5, 5.41) is 0. The van der Waals surface area contributed by atoms with Crippen molar-refractivity contribution in [2.75, 3.05) is 36.2 Å². The molecule has 0 N–H and O–H groups in total. The van der Waals surface area contributed by atoms with Crippen molar-refractivity contribution in [2.24, 2.45) is 0 Å². The van der Waals surface area contributed by atoms with Gasteiger partial charge >= 0.3 is 0 Å². The largest absolute Gasteiger partial charge is 0.293 e. The molecule has 0 saturated heterocycles. The molecule has 15 heteroatoms.